The van der Waals surface area contributed by atoms with Crippen LogP contribution in [0.5, 0.6) is 5.75 Å². The molecule has 1 N–H and O–H groups in total. The van der Waals surface area contributed by atoms with Crippen LogP contribution in [0.4, 0.5) is 5.69 Å². The van der Waals surface area contributed by atoms with Crippen molar-refractivity contribution >= 4 is 11.7 Å². The van der Waals surface area contributed by atoms with Crippen LogP contribution in [0.1, 0.15) is 46.0 Å². The first kappa shape index (κ1) is 19.1. The van der Waals surface area contributed by atoms with Gasteiger partial charge in [-0.05, 0) is 44.0 Å². The molecule has 1 atom stereocenters. The van der Waals surface area contributed by atoms with E-state index in [0.717, 1.165) is 24.3 Å². The fourth-order valence-corrected chi connectivity index (χ4v) is 2.21. The van der Waals surface area contributed by atoms with E-state index < -0.39 is 6.04 Å². The summed E-state index contributed by atoms with van der Waals surface area (Å²) in [5.41, 5.74) is 0.861. The molecule has 0 spiro atoms. The Balaban J connectivity index is 2.60. The number of anilines is 1. The third-order valence-electron chi connectivity index (χ3n) is 3.51. The lowest BCUT2D eigenvalue weighted by atomic mass is 10.1. The minimum absolute atomic E-state index is 0.256. The number of carbonyl (C=O) groups is 1. The molecule has 0 fully saturated rings. The molecule has 0 heterocycles. The molecule has 4 nitrogen and oxygen atoms in total. The number of allylic oxidation sites excluding steroid dienone is 1. The zero-order valence-electron chi connectivity index (χ0n) is 14.5. The van der Waals surface area contributed by atoms with Gasteiger partial charge in [-0.15, -0.1) is 0 Å². The van der Waals surface area contributed by atoms with Crippen molar-refractivity contribution in [3.05, 3.63) is 36.4 Å². The van der Waals surface area contributed by atoms with Crippen molar-refractivity contribution in [2.24, 2.45) is 0 Å². The highest BCUT2D eigenvalue weighted by Gasteiger charge is 2.16. The number of ether oxygens (including phenoxy) is 2. The van der Waals surface area contributed by atoms with Gasteiger partial charge in [-0.2, -0.15) is 0 Å². The van der Waals surface area contributed by atoms with Gasteiger partial charge in [0.2, 0.25) is 0 Å². The number of methoxy groups -OCH3 is 1. The molecule has 0 radical (unpaired) electrons. The van der Waals surface area contributed by atoms with E-state index in [-0.39, 0.29) is 5.97 Å². The van der Waals surface area contributed by atoms with Gasteiger partial charge < -0.3 is 14.8 Å². The summed E-state index contributed by atoms with van der Waals surface area (Å²) in [6.07, 6.45) is 9.83. The van der Waals surface area contributed by atoms with E-state index in [0.29, 0.717) is 6.61 Å². The molecule has 0 aliphatic carbocycles. The Morgan fingerprint density at radius 1 is 1.17 bits per heavy atom. The highest BCUT2D eigenvalue weighted by molar-refractivity contribution is 5.81. The minimum Gasteiger partial charge on any atom is -0.497 e. The quantitative estimate of drug-likeness (QED) is 0.369. The van der Waals surface area contributed by atoms with E-state index in [1.807, 2.05) is 37.3 Å². The Labute approximate surface area is 139 Å². The van der Waals surface area contributed by atoms with E-state index in [4.69, 9.17) is 9.47 Å². The van der Waals surface area contributed by atoms with Gasteiger partial charge in [0.05, 0.1) is 13.7 Å². The lowest BCUT2D eigenvalue weighted by molar-refractivity contribution is -0.142. The van der Waals surface area contributed by atoms with Crippen LogP contribution >= 0.6 is 0 Å². The molecule has 0 amide bonds. The second-order valence-corrected chi connectivity index (χ2v) is 5.38. The van der Waals surface area contributed by atoms with Crippen molar-refractivity contribution in [2.75, 3.05) is 19.0 Å². The maximum Gasteiger partial charge on any atom is 0.332 e. The molecular weight excluding hydrogens is 290 g/mol. The zero-order chi connectivity index (χ0) is 16.9. The Morgan fingerprint density at radius 2 is 1.91 bits per heavy atom. The molecule has 1 aromatic rings. The summed E-state index contributed by atoms with van der Waals surface area (Å²) in [7, 11) is 1.63. The van der Waals surface area contributed by atoms with Crippen molar-refractivity contribution in [1.29, 1.82) is 0 Å². The highest BCUT2D eigenvalue weighted by Crippen LogP contribution is 2.16. The van der Waals surface area contributed by atoms with Crippen LogP contribution in [0.2, 0.25) is 0 Å². The maximum atomic E-state index is 12.1. The smallest absolute Gasteiger partial charge is 0.332 e. The Morgan fingerprint density at radius 3 is 2.52 bits per heavy atom. The largest absolute Gasteiger partial charge is 0.497 e. The number of benzene rings is 1. The Bertz CT molecular complexity index is 468. The summed E-state index contributed by atoms with van der Waals surface area (Å²) >= 11 is 0. The van der Waals surface area contributed by atoms with Gasteiger partial charge in [-0.1, -0.05) is 38.3 Å². The summed E-state index contributed by atoms with van der Waals surface area (Å²) in [6.45, 7) is 4.40. The van der Waals surface area contributed by atoms with E-state index >= 15 is 0 Å². The van der Waals surface area contributed by atoms with Crippen LogP contribution in [-0.2, 0) is 9.53 Å². The first-order chi connectivity index (χ1) is 11.2. The second-order valence-electron chi connectivity index (χ2n) is 5.38. The molecule has 1 rings (SSSR count). The Hall–Kier alpha value is -1.97. The third-order valence-corrected chi connectivity index (χ3v) is 3.51. The van der Waals surface area contributed by atoms with Gasteiger partial charge in [0, 0.05) is 5.69 Å². The summed E-state index contributed by atoms with van der Waals surface area (Å²) in [6, 6.07) is 7.03. The third kappa shape index (κ3) is 7.73. The number of esters is 1. The van der Waals surface area contributed by atoms with E-state index in [9.17, 15) is 4.79 Å². The van der Waals surface area contributed by atoms with Crippen LogP contribution in [0.15, 0.2) is 36.4 Å². The summed E-state index contributed by atoms with van der Waals surface area (Å²) in [5, 5.41) is 3.20. The van der Waals surface area contributed by atoms with Crippen LogP contribution in [-0.4, -0.2) is 25.7 Å². The van der Waals surface area contributed by atoms with E-state index in [2.05, 4.69) is 18.3 Å². The molecular formula is C19H29NO3. The average molecular weight is 319 g/mol. The zero-order valence-corrected chi connectivity index (χ0v) is 14.5. The van der Waals surface area contributed by atoms with Gasteiger partial charge in [0.1, 0.15) is 11.8 Å². The molecule has 1 aromatic carbocycles. The van der Waals surface area contributed by atoms with Gasteiger partial charge in [0.15, 0.2) is 0 Å². The maximum absolute atomic E-state index is 12.1. The summed E-state index contributed by atoms with van der Waals surface area (Å²) < 4.78 is 10.3. The number of rotatable bonds is 11. The van der Waals surface area contributed by atoms with Crippen LogP contribution < -0.4 is 10.1 Å². The van der Waals surface area contributed by atoms with Crippen molar-refractivity contribution in [1.82, 2.24) is 0 Å². The van der Waals surface area contributed by atoms with Crippen LogP contribution in [0, 0.1) is 0 Å². The van der Waals surface area contributed by atoms with Crippen molar-refractivity contribution < 1.29 is 14.3 Å². The van der Waals surface area contributed by atoms with Crippen molar-refractivity contribution in [3.63, 3.8) is 0 Å². The topological polar surface area (TPSA) is 47.6 Å². The highest BCUT2D eigenvalue weighted by atomic mass is 16.5. The number of nitrogens with one attached hydrogen (secondary N) is 1. The van der Waals surface area contributed by atoms with Gasteiger partial charge >= 0.3 is 5.97 Å². The van der Waals surface area contributed by atoms with Gasteiger partial charge in [-0.25, -0.2) is 4.79 Å². The normalized spacial score (nSPS) is 12.1. The van der Waals surface area contributed by atoms with E-state index in [1.165, 1.54) is 19.3 Å². The predicted octanol–water partition coefficient (Wildman–Crippen LogP) is 4.57. The van der Waals surface area contributed by atoms with Crippen LogP contribution in [0.25, 0.3) is 0 Å². The second kappa shape index (κ2) is 11.6. The number of carbonyl (C=O) groups excluding carboxylic acids is 1. The molecule has 1 unspecified atom stereocenters. The predicted molar refractivity (Wildman–Crippen MR) is 94.9 cm³/mol. The summed E-state index contributed by atoms with van der Waals surface area (Å²) in [4.78, 5) is 12.1. The lowest BCUT2D eigenvalue weighted by Crippen LogP contribution is -2.29. The first-order valence-electron chi connectivity index (χ1n) is 8.45. The fraction of sp³-hybridized carbons (Fsp3) is 0.526. The number of unbranched alkanes of at least 4 members (excludes halogenated alkanes) is 4. The van der Waals surface area contributed by atoms with E-state index in [1.54, 1.807) is 7.11 Å². The average Bonchev–Trinajstić information content (AvgIpc) is 2.57. The molecule has 0 saturated heterocycles. The van der Waals surface area contributed by atoms with Crippen LogP contribution in [0.3, 0.4) is 0 Å². The standard InChI is InChI=1S/C19H29NO3/c1-4-6-7-8-9-10-11-18(19(21)23-5-2)20-16-12-14-17(22-3)15-13-16/h10-15,18,20H,4-9H2,1-3H3/b11-10+. The summed E-state index contributed by atoms with van der Waals surface area (Å²) in [5.74, 6) is 0.530. The lowest BCUT2D eigenvalue weighted by Gasteiger charge is -2.15. The molecule has 23 heavy (non-hydrogen) atoms. The molecule has 128 valence electrons. The number of hydrogen-bond acceptors (Lipinski definition) is 4. The molecule has 0 bridgehead atoms. The van der Waals surface area contributed by atoms with Gasteiger partial charge in [0.25, 0.3) is 0 Å². The van der Waals surface area contributed by atoms with Crippen molar-refractivity contribution in [3.8, 4) is 5.75 Å². The molecule has 0 aliphatic heterocycles. The van der Waals surface area contributed by atoms with Crippen molar-refractivity contribution in [2.45, 2.75) is 52.0 Å². The monoisotopic (exact) mass is 319 g/mol. The van der Waals surface area contributed by atoms with Gasteiger partial charge in [-0.3, -0.25) is 0 Å². The molecule has 0 aromatic heterocycles. The molecule has 4 heteroatoms. The fourth-order valence-electron chi connectivity index (χ4n) is 2.21. The Kier molecular flexibility index (Phi) is 9.60. The minimum atomic E-state index is -0.463. The first-order valence-corrected chi connectivity index (χ1v) is 8.45. The molecule has 0 saturated carbocycles. The molecule has 0 aliphatic rings. The number of hydrogen-bond donors (Lipinski definition) is 1. The SMILES string of the molecule is CCCCCC/C=C/C(Nc1ccc(OC)cc1)C(=O)OCC.